The van der Waals surface area contributed by atoms with Gasteiger partial charge in [0.2, 0.25) is 0 Å². The van der Waals surface area contributed by atoms with E-state index in [0.29, 0.717) is 0 Å². The SMILES string of the molecule is CC1CCCN(C2CCC3(CC2)CN(C)C3)C1. The molecule has 17 heavy (non-hydrogen) atoms. The highest BCUT2D eigenvalue weighted by molar-refractivity contribution is 4.98. The van der Waals surface area contributed by atoms with Crippen molar-refractivity contribution in [2.45, 2.75) is 51.5 Å². The van der Waals surface area contributed by atoms with Gasteiger partial charge in [0.05, 0.1) is 0 Å². The Morgan fingerprint density at radius 3 is 2.35 bits per heavy atom. The molecule has 3 rings (SSSR count). The maximum Gasteiger partial charge on any atom is 0.00958 e. The van der Waals surface area contributed by atoms with Crippen LogP contribution in [0.1, 0.15) is 45.4 Å². The molecular formula is C15H28N2. The van der Waals surface area contributed by atoms with Crippen LogP contribution in [-0.2, 0) is 0 Å². The highest BCUT2D eigenvalue weighted by Gasteiger charge is 2.44. The molecule has 1 atom stereocenters. The Labute approximate surface area is 106 Å². The fourth-order valence-corrected chi connectivity index (χ4v) is 4.55. The average molecular weight is 236 g/mol. The fraction of sp³-hybridized carbons (Fsp3) is 1.00. The van der Waals surface area contributed by atoms with Gasteiger partial charge in [-0.1, -0.05) is 6.92 Å². The molecule has 3 fully saturated rings. The summed E-state index contributed by atoms with van der Waals surface area (Å²) in [5.41, 5.74) is 0.743. The van der Waals surface area contributed by atoms with Gasteiger partial charge in [-0.05, 0) is 63.5 Å². The van der Waals surface area contributed by atoms with Crippen LogP contribution >= 0.6 is 0 Å². The third kappa shape index (κ3) is 2.39. The minimum Gasteiger partial charge on any atom is -0.305 e. The lowest BCUT2D eigenvalue weighted by molar-refractivity contribution is -0.0348. The van der Waals surface area contributed by atoms with Gasteiger partial charge >= 0.3 is 0 Å². The summed E-state index contributed by atoms with van der Waals surface area (Å²) in [7, 11) is 2.27. The number of rotatable bonds is 1. The van der Waals surface area contributed by atoms with Gasteiger partial charge in [0.15, 0.2) is 0 Å². The zero-order chi connectivity index (χ0) is 11.9. The van der Waals surface area contributed by atoms with E-state index in [9.17, 15) is 0 Å². The van der Waals surface area contributed by atoms with E-state index in [4.69, 9.17) is 0 Å². The van der Waals surface area contributed by atoms with Crippen molar-refractivity contribution in [3.63, 3.8) is 0 Å². The lowest BCUT2D eigenvalue weighted by Crippen LogP contribution is -2.57. The van der Waals surface area contributed by atoms with Crippen molar-refractivity contribution in [2.24, 2.45) is 11.3 Å². The minimum atomic E-state index is 0.743. The molecule has 98 valence electrons. The van der Waals surface area contributed by atoms with Crippen LogP contribution in [-0.4, -0.2) is 49.1 Å². The number of piperidine rings is 1. The summed E-state index contributed by atoms with van der Waals surface area (Å²) in [6, 6.07) is 0.925. The summed E-state index contributed by atoms with van der Waals surface area (Å²) < 4.78 is 0. The molecule has 2 heterocycles. The van der Waals surface area contributed by atoms with Crippen LogP contribution in [0.3, 0.4) is 0 Å². The molecule has 2 saturated heterocycles. The van der Waals surface area contributed by atoms with E-state index in [1.807, 2.05) is 0 Å². The summed E-state index contributed by atoms with van der Waals surface area (Å²) in [6.07, 6.45) is 8.82. The second kappa shape index (κ2) is 4.55. The molecule has 0 aromatic rings. The van der Waals surface area contributed by atoms with Gasteiger partial charge in [0, 0.05) is 25.7 Å². The van der Waals surface area contributed by atoms with Crippen molar-refractivity contribution in [2.75, 3.05) is 33.2 Å². The smallest absolute Gasteiger partial charge is 0.00958 e. The van der Waals surface area contributed by atoms with E-state index in [1.54, 1.807) is 0 Å². The molecule has 0 aromatic carbocycles. The van der Waals surface area contributed by atoms with Crippen LogP contribution in [0.15, 0.2) is 0 Å². The Morgan fingerprint density at radius 2 is 1.76 bits per heavy atom. The third-order valence-corrected chi connectivity index (χ3v) is 5.43. The molecule has 2 aliphatic heterocycles. The van der Waals surface area contributed by atoms with Crippen molar-refractivity contribution < 1.29 is 0 Å². The number of likely N-dealkylation sites (tertiary alicyclic amines) is 2. The van der Waals surface area contributed by atoms with Crippen molar-refractivity contribution in [3.8, 4) is 0 Å². The molecule has 2 nitrogen and oxygen atoms in total. The summed E-state index contributed by atoms with van der Waals surface area (Å²) in [4.78, 5) is 5.30. The molecule has 2 heteroatoms. The molecule has 0 bridgehead atoms. The minimum absolute atomic E-state index is 0.743. The van der Waals surface area contributed by atoms with Gasteiger partial charge in [-0.25, -0.2) is 0 Å². The zero-order valence-corrected chi connectivity index (χ0v) is 11.6. The Morgan fingerprint density at radius 1 is 1.06 bits per heavy atom. The predicted molar refractivity (Wildman–Crippen MR) is 72.2 cm³/mol. The van der Waals surface area contributed by atoms with E-state index in [2.05, 4.69) is 23.8 Å². The van der Waals surface area contributed by atoms with Crippen LogP contribution in [0.4, 0.5) is 0 Å². The molecule has 0 N–H and O–H groups in total. The first-order chi connectivity index (χ1) is 8.17. The second-order valence-electron chi connectivity index (χ2n) is 7.15. The third-order valence-electron chi connectivity index (χ3n) is 5.43. The molecular weight excluding hydrogens is 208 g/mol. The largest absolute Gasteiger partial charge is 0.305 e. The molecule has 3 aliphatic rings. The van der Waals surface area contributed by atoms with Crippen molar-refractivity contribution in [1.29, 1.82) is 0 Å². The van der Waals surface area contributed by atoms with Gasteiger partial charge in [0.25, 0.3) is 0 Å². The van der Waals surface area contributed by atoms with Crippen molar-refractivity contribution in [1.82, 2.24) is 9.80 Å². The van der Waals surface area contributed by atoms with Crippen LogP contribution in [0.2, 0.25) is 0 Å². The van der Waals surface area contributed by atoms with Crippen LogP contribution < -0.4 is 0 Å². The summed E-state index contributed by atoms with van der Waals surface area (Å²) in [5, 5.41) is 0. The molecule has 0 radical (unpaired) electrons. The van der Waals surface area contributed by atoms with Gasteiger partial charge in [-0.15, -0.1) is 0 Å². The number of hydrogen-bond acceptors (Lipinski definition) is 2. The monoisotopic (exact) mass is 236 g/mol. The Balaban J connectivity index is 1.51. The Kier molecular flexibility index (Phi) is 3.20. The lowest BCUT2D eigenvalue weighted by Gasteiger charge is -2.54. The first kappa shape index (κ1) is 12.0. The quantitative estimate of drug-likeness (QED) is 0.690. The highest BCUT2D eigenvalue weighted by Crippen LogP contribution is 2.44. The highest BCUT2D eigenvalue weighted by atomic mass is 15.2. The molecule has 0 amide bonds. The van der Waals surface area contributed by atoms with Crippen LogP contribution in [0, 0.1) is 11.3 Å². The van der Waals surface area contributed by atoms with Gasteiger partial charge < -0.3 is 9.80 Å². The van der Waals surface area contributed by atoms with E-state index in [0.717, 1.165) is 17.4 Å². The Bertz CT molecular complexity index is 260. The van der Waals surface area contributed by atoms with Crippen LogP contribution in [0.25, 0.3) is 0 Å². The molecule has 1 saturated carbocycles. The average Bonchev–Trinajstić information content (AvgIpc) is 2.28. The summed E-state index contributed by atoms with van der Waals surface area (Å²) in [6.45, 7) is 7.92. The number of hydrogen-bond donors (Lipinski definition) is 0. The van der Waals surface area contributed by atoms with E-state index in [-0.39, 0.29) is 0 Å². The fourth-order valence-electron chi connectivity index (χ4n) is 4.55. The van der Waals surface area contributed by atoms with Gasteiger partial charge in [0.1, 0.15) is 0 Å². The van der Waals surface area contributed by atoms with Crippen molar-refractivity contribution >= 4 is 0 Å². The second-order valence-corrected chi connectivity index (χ2v) is 7.15. The van der Waals surface area contributed by atoms with E-state index >= 15 is 0 Å². The summed E-state index contributed by atoms with van der Waals surface area (Å²) >= 11 is 0. The lowest BCUT2D eigenvalue weighted by atomic mass is 9.67. The van der Waals surface area contributed by atoms with Crippen molar-refractivity contribution in [3.05, 3.63) is 0 Å². The van der Waals surface area contributed by atoms with Gasteiger partial charge in [-0.2, -0.15) is 0 Å². The normalized spacial score (nSPS) is 36.0. The summed E-state index contributed by atoms with van der Waals surface area (Å²) in [5.74, 6) is 0.939. The molecule has 1 unspecified atom stereocenters. The maximum atomic E-state index is 2.81. The maximum absolute atomic E-state index is 2.81. The topological polar surface area (TPSA) is 6.48 Å². The first-order valence-electron chi connectivity index (χ1n) is 7.59. The number of nitrogens with zero attached hydrogens (tertiary/aromatic N) is 2. The molecule has 1 spiro atoms. The predicted octanol–water partition coefficient (Wildman–Crippen LogP) is 2.59. The van der Waals surface area contributed by atoms with Crippen LogP contribution in [0.5, 0.6) is 0 Å². The first-order valence-corrected chi connectivity index (χ1v) is 7.59. The molecule has 1 aliphatic carbocycles. The molecule has 0 aromatic heterocycles. The van der Waals surface area contributed by atoms with E-state index in [1.165, 1.54) is 64.7 Å². The van der Waals surface area contributed by atoms with Gasteiger partial charge in [-0.3, -0.25) is 0 Å². The van der Waals surface area contributed by atoms with E-state index < -0.39 is 0 Å². The standard InChI is InChI=1S/C15H28N2/c1-13-4-3-9-17(10-13)14-5-7-15(8-6-14)11-16(2)12-15/h13-14H,3-12H2,1-2H3. The zero-order valence-electron chi connectivity index (χ0n) is 11.6. The Hall–Kier alpha value is -0.0800.